The maximum absolute atomic E-state index is 10.2. The Labute approximate surface area is 197 Å². The van der Waals surface area contributed by atoms with E-state index in [2.05, 4.69) is 13.8 Å². The monoisotopic (exact) mass is 460 g/mol. The topological polar surface area (TPSA) is 77.4 Å². The average molecular weight is 461 g/mol. The Morgan fingerprint density at radius 2 is 0.812 bits per heavy atom. The molecule has 1 saturated heterocycles. The van der Waals surface area contributed by atoms with Crippen LogP contribution in [0.4, 0.5) is 0 Å². The summed E-state index contributed by atoms with van der Waals surface area (Å²) in [5.74, 6) is 0. The van der Waals surface area contributed by atoms with Gasteiger partial charge in [0.15, 0.2) is 12.6 Å². The van der Waals surface area contributed by atoms with Gasteiger partial charge in [0.05, 0.1) is 13.2 Å². The number of aliphatic hydroxyl groups excluding tert-OH is 2. The molecule has 1 aliphatic rings. The van der Waals surface area contributed by atoms with Gasteiger partial charge in [-0.15, -0.1) is 0 Å². The van der Waals surface area contributed by atoms with E-state index in [0.29, 0.717) is 13.2 Å². The first-order valence-electron chi connectivity index (χ1n) is 13.5. The van der Waals surface area contributed by atoms with Crippen LogP contribution in [0.5, 0.6) is 0 Å². The normalized spacial score (nSPS) is 23.6. The molecule has 1 fully saturated rings. The summed E-state index contributed by atoms with van der Waals surface area (Å²) in [6, 6.07) is 0. The molecule has 0 bridgehead atoms. The number of aliphatic hydroxyl groups is 2. The third-order valence-electron chi connectivity index (χ3n) is 6.11. The van der Waals surface area contributed by atoms with Crippen molar-refractivity contribution in [2.24, 2.45) is 0 Å². The predicted octanol–water partition coefficient (Wildman–Crippen LogP) is 5.72. The lowest BCUT2D eigenvalue weighted by Gasteiger charge is -2.36. The molecule has 1 rings (SSSR count). The molecule has 0 saturated carbocycles. The van der Waals surface area contributed by atoms with Crippen LogP contribution in [0.1, 0.15) is 117 Å². The van der Waals surface area contributed by atoms with Gasteiger partial charge in [-0.2, -0.15) is 0 Å². The van der Waals surface area contributed by atoms with E-state index in [4.69, 9.17) is 18.9 Å². The lowest BCUT2D eigenvalue weighted by molar-refractivity contribution is -0.342. The second kappa shape index (κ2) is 21.3. The minimum Gasteiger partial charge on any atom is -0.379 e. The lowest BCUT2D eigenvalue weighted by Crippen LogP contribution is -2.52. The molecule has 4 unspecified atom stereocenters. The first-order chi connectivity index (χ1) is 15.7. The summed E-state index contributed by atoms with van der Waals surface area (Å²) in [4.78, 5) is 0. The van der Waals surface area contributed by atoms with E-state index in [0.717, 1.165) is 25.7 Å². The van der Waals surface area contributed by atoms with E-state index in [1.807, 2.05) is 0 Å². The largest absolute Gasteiger partial charge is 0.379 e. The Hall–Kier alpha value is -0.240. The van der Waals surface area contributed by atoms with Crippen molar-refractivity contribution in [2.45, 2.75) is 141 Å². The van der Waals surface area contributed by atoms with E-state index in [1.165, 1.54) is 77.0 Å². The summed E-state index contributed by atoms with van der Waals surface area (Å²) in [6.45, 7) is 6.20. The summed E-state index contributed by atoms with van der Waals surface area (Å²) in [7, 11) is 0. The quantitative estimate of drug-likeness (QED) is 0.201. The van der Waals surface area contributed by atoms with Crippen molar-refractivity contribution in [1.82, 2.24) is 0 Å². The van der Waals surface area contributed by atoms with Crippen LogP contribution in [0.3, 0.4) is 0 Å². The van der Waals surface area contributed by atoms with Gasteiger partial charge in [0.25, 0.3) is 0 Å². The zero-order chi connectivity index (χ0) is 23.3. The van der Waals surface area contributed by atoms with Gasteiger partial charge in [0, 0.05) is 13.2 Å². The molecule has 0 spiro atoms. The highest BCUT2D eigenvalue weighted by Crippen LogP contribution is 2.19. The van der Waals surface area contributed by atoms with Gasteiger partial charge >= 0.3 is 0 Å². The Bertz CT molecular complexity index is 359. The van der Waals surface area contributed by atoms with Crippen molar-refractivity contribution in [1.29, 1.82) is 0 Å². The molecule has 192 valence electrons. The number of unbranched alkanes of at least 4 members (excludes halogenated alkanes) is 14. The average Bonchev–Trinajstić information content (AvgIpc) is 2.79. The Morgan fingerprint density at radius 3 is 1.16 bits per heavy atom. The SMILES string of the molecule is CCCCCCCCCCOCC1OC(O)C(COCCCCCCCCCC)OC1O. The van der Waals surface area contributed by atoms with Crippen LogP contribution in [0, 0.1) is 0 Å². The number of ether oxygens (including phenoxy) is 4. The van der Waals surface area contributed by atoms with Crippen molar-refractivity contribution in [2.75, 3.05) is 26.4 Å². The molecule has 6 nitrogen and oxygen atoms in total. The predicted molar refractivity (Wildman–Crippen MR) is 129 cm³/mol. The molecule has 2 N–H and O–H groups in total. The van der Waals surface area contributed by atoms with Gasteiger partial charge in [-0.3, -0.25) is 0 Å². The smallest absolute Gasteiger partial charge is 0.184 e. The van der Waals surface area contributed by atoms with Gasteiger partial charge in [-0.25, -0.2) is 0 Å². The molecule has 6 heteroatoms. The number of rotatable bonds is 22. The highest BCUT2D eigenvalue weighted by atomic mass is 16.7. The molecule has 1 aliphatic heterocycles. The Balaban J connectivity index is 1.97. The highest BCUT2D eigenvalue weighted by Gasteiger charge is 2.37. The second-order valence-electron chi connectivity index (χ2n) is 9.23. The van der Waals surface area contributed by atoms with Crippen LogP contribution in [0.2, 0.25) is 0 Å². The Kier molecular flexibility index (Phi) is 19.8. The van der Waals surface area contributed by atoms with E-state index >= 15 is 0 Å². The van der Waals surface area contributed by atoms with Crippen LogP contribution in [-0.4, -0.2) is 61.4 Å². The zero-order valence-corrected chi connectivity index (χ0v) is 21.0. The van der Waals surface area contributed by atoms with Crippen LogP contribution in [0.15, 0.2) is 0 Å². The molecule has 0 aromatic carbocycles. The lowest BCUT2D eigenvalue weighted by atomic mass is 10.1. The molecule has 0 aromatic rings. The van der Waals surface area contributed by atoms with E-state index < -0.39 is 24.8 Å². The van der Waals surface area contributed by atoms with Gasteiger partial charge in [0.1, 0.15) is 12.2 Å². The van der Waals surface area contributed by atoms with Crippen molar-refractivity contribution < 1.29 is 29.2 Å². The maximum Gasteiger partial charge on any atom is 0.184 e. The first kappa shape index (κ1) is 29.8. The number of hydrogen-bond acceptors (Lipinski definition) is 6. The van der Waals surface area contributed by atoms with E-state index in [1.54, 1.807) is 0 Å². The minimum absolute atomic E-state index is 0.223. The van der Waals surface area contributed by atoms with Gasteiger partial charge in [-0.1, -0.05) is 104 Å². The summed E-state index contributed by atoms with van der Waals surface area (Å²) < 4.78 is 22.3. The molecule has 0 amide bonds. The van der Waals surface area contributed by atoms with Crippen molar-refractivity contribution >= 4 is 0 Å². The molecule has 4 atom stereocenters. The fourth-order valence-corrected chi connectivity index (χ4v) is 3.99. The van der Waals surface area contributed by atoms with Crippen LogP contribution < -0.4 is 0 Å². The fraction of sp³-hybridized carbons (Fsp3) is 1.00. The van der Waals surface area contributed by atoms with Gasteiger partial charge < -0.3 is 29.2 Å². The number of hydrogen-bond donors (Lipinski definition) is 2. The summed E-state index contributed by atoms with van der Waals surface area (Å²) in [5, 5.41) is 20.3. The molecular weight excluding hydrogens is 408 g/mol. The zero-order valence-electron chi connectivity index (χ0n) is 21.0. The van der Waals surface area contributed by atoms with E-state index in [9.17, 15) is 10.2 Å². The highest BCUT2D eigenvalue weighted by molar-refractivity contribution is 4.74. The standard InChI is InChI=1S/C26H52O6/c1-3-5-7-9-11-13-15-17-19-29-21-23-25(27)32-24(26(28)31-23)22-30-20-18-16-14-12-10-8-6-4-2/h23-28H,3-22H2,1-2H3. The summed E-state index contributed by atoms with van der Waals surface area (Å²) >= 11 is 0. The van der Waals surface area contributed by atoms with Gasteiger partial charge in [0.2, 0.25) is 0 Å². The van der Waals surface area contributed by atoms with Crippen molar-refractivity contribution in [3.8, 4) is 0 Å². The minimum atomic E-state index is -1.10. The molecule has 0 aliphatic carbocycles. The van der Waals surface area contributed by atoms with Crippen LogP contribution in [-0.2, 0) is 18.9 Å². The summed E-state index contributed by atoms with van der Waals surface area (Å²) in [6.07, 6.45) is 16.5. The Morgan fingerprint density at radius 1 is 0.500 bits per heavy atom. The van der Waals surface area contributed by atoms with Gasteiger partial charge in [-0.05, 0) is 12.8 Å². The van der Waals surface area contributed by atoms with Crippen LogP contribution in [0.25, 0.3) is 0 Å². The molecule has 0 radical (unpaired) electrons. The van der Waals surface area contributed by atoms with Crippen LogP contribution >= 0.6 is 0 Å². The summed E-state index contributed by atoms with van der Waals surface area (Å²) in [5.41, 5.74) is 0. The maximum atomic E-state index is 10.2. The third kappa shape index (κ3) is 15.6. The molecule has 32 heavy (non-hydrogen) atoms. The molecule has 1 heterocycles. The molecule has 0 aromatic heterocycles. The van der Waals surface area contributed by atoms with Crippen molar-refractivity contribution in [3.63, 3.8) is 0 Å². The second-order valence-corrected chi connectivity index (χ2v) is 9.23. The van der Waals surface area contributed by atoms with E-state index in [-0.39, 0.29) is 13.2 Å². The third-order valence-corrected chi connectivity index (χ3v) is 6.11. The first-order valence-corrected chi connectivity index (χ1v) is 13.5. The molecular formula is C26H52O6. The van der Waals surface area contributed by atoms with Crippen molar-refractivity contribution in [3.05, 3.63) is 0 Å². The fourth-order valence-electron chi connectivity index (χ4n) is 3.99.